The summed E-state index contributed by atoms with van der Waals surface area (Å²) in [4.78, 5) is 0. The minimum atomic E-state index is 0.637. The van der Waals surface area contributed by atoms with E-state index in [0.717, 1.165) is 25.3 Å². The number of benzene rings is 1. The first-order chi connectivity index (χ1) is 9.56. The Hall–Kier alpha value is -1.02. The van der Waals surface area contributed by atoms with E-state index in [-0.39, 0.29) is 0 Å². The molecule has 1 rings (SSSR count). The number of rotatable bonds is 8. The van der Waals surface area contributed by atoms with Crippen molar-refractivity contribution in [2.45, 2.75) is 66.2 Å². The van der Waals surface area contributed by atoms with Crippen LogP contribution < -0.4 is 10.5 Å². The van der Waals surface area contributed by atoms with Crippen LogP contribution in [0.1, 0.15) is 67.7 Å². The molecule has 0 aliphatic rings. The first-order valence-corrected chi connectivity index (χ1v) is 8.00. The van der Waals surface area contributed by atoms with Crippen LogP contribution in [0.5, 0.6) is 5.75 Å². The van der Waals surface area contributed by atoms with Crippen molar-refractivity contribution in [1.29, 1.82) is 0 Å². The van der Waals surface area contributed by atoms with Crippen LogP contribution >= 0.6 is 0 Å². The highest BCUT2D eigenvalue weighted by atomic mass is 16.5. The van der Waals surface area contributed by atoms with Gasteiger partial charge in [-0.1, -0.05) is 13.3 Å². The molecule has 0 aliphatic carbocycles. The maximum atomic E-state index is 5.75. The van der Waals surface area contributed by atoms with Crippen molar-refractivity contribution in [3.63, 3.8) is 0 Å². The van der Waals surface area contributed by atoms with E-state index in [1.807, 2.05) is 6.92 Å². The number of aryl methyl sites for hydroxylation is 1. The topological polar surface area (TPSA) is 35.2 Å². The summed E-state index contributed by atoms with van der Waals surface area (Å²) in [7, 11) is 0. The van der Waals surface area contributed by atoms with Crippen LogP contribution in [-0.4, -0.2) is 13.2 Å². The van der Waals surface area contributed by atoms with Gasteiger partial charge in [0.1, 0.15) is 5.75 Å². The van der Waals surface area contributed by atoms with Crippen LogP contribution in [0.2, 0.25) is 0 Å². The highest BCUT2D eigenvalue weighted by Crippen LogP contribution is 2.36. The van der Waals surface area contributed by atoms with Gasteiger partial charge in [-0.25, -0.2) is 0 Å². The lowest BCUT2D eigenvalue weighted by molar-refractivity contribution is 0.337. The smallest absolute Gasteiger partial charge is 0.122 e. The molecule has 0 aromatic heterocycles. The Balaban J connectivity index is 3.17. The number of hydrogen-bond acceptors (Lipinski definition) is 2. The Morgan fingerprint density at radius 1 is 1.10 bits per heavy atom. The molecule has 0 heterocycles. The number of nitrogens with two attached hydrogens (primary N) is 1. The van der Waals surface area contributed by atoms with Crippen LogP contribution in [0, 0.1) is 20.8 Å². The molecule has 2 heteroatoms. The normalized spacial score (nSPS) is 12.5. The molecule has 0 aliphatic heterocycles. The first-order valence-electron chi connectivity index (χ1n) is 8.00. The molecular formula is C18H31NO. The third-order valence-corrected chi connectivity index (χ3v) is 4.21. The minimum Gasteiger partial charge on any atom is -0.494 e. The molecule has 0 bridgehead atoms. The zero-order chi connectivity index (χ0) is 15.1. The zero-order valence-corrected chi connectivity index (χ0v) is 13.9. The average Bonchev–Trinajstić information content (AvgIpc) is 2.42. The van der Waals surface area contributed by atoms with Gasteiger partial charge in [-0.3, -0.25) is 0 Å². The lowest BCUT2D eigenvalue weighted by Gasteiger charge is -2.24. The molecule has 114 valence electrons. The Kier molecular flexibility index (Phi) is 7.08. The van der Waals surface area contributed by atoms with Crippen molar-refractivity contribution in [2.24, 2.45) is 5.73 Å². The largest absolute Gasteiger partial charge is 0.494 e. The van der Waals surface area contributed by atoms with E-state index in [4.69, 9.17) is 10.5 Å². The molecule has 0 saturated carbocycles. The molecule has 1 aromatic carbocycles. The van der Waals surface area contributed by atoms with Crippen LogP contribution in [0.4, 0.5) is 0 Å². The molecule has 2 N–H and O–H groups in total. The Labute approximate surface area is 124 Å². The minimum absolute atomic E-state index is 0.637. The van der Waals surface area contributed by atoms with Crippen molar-refractivity contribution in [2.75, 3.05) is 13.2 Å². The van der Waals surface area contributed by atoms with Crippen molar-refractivity contribution in [3.8, 4) is 5.75 Å². The van der Waals surface area contributed by atoms with Gasteiger partial charge >= 0.3 is 0 Å². The second kappa shape index (κ2) is 8.31. The Morgan fingerprint density at radius 3 is 2.35 bits per heavy atom. The fraction of sp³-hybridized carbons (Fsp3) is 0.667. The van der Waals surface area contributed by atoms with E-state index in [9.17, 15) is 0 Å². The zero-order valence-electron chi connectivity index (χ0n) is 13.9. The van der Waals surface area contributed by atoms with Gasteiger partial charge in [0.25, 0.3) is 0 Å². The first kappa shape index (κ1) is 17.0. The van der Waals surface area contributed by atoms with Crippen LogP contribution in [-0.2, 0) is 0 Å². The van der Waals surface area contributed by atoms with E-state index < -0.39 is 0 Å². The SMILES string of the molecule is CCCC(CCCN)c1c(C)cc(OCC)c(C)c1C. The molecular weight excluding hydrogens is 246 g/mol. The van der Waals surface area contributed by atoms with Gasteiger partial charge in [-0.2, -0.15) is 0 Å². The van der Waals surface area contributed by atoms with Gasteiger partial charge in [-0.05, 0) is 87.7 Å². The third kappa shape index (κ3) is 3.99. The van der Waals surface area contributed by atoms with Crippen molar-refractivity contribution >= 4 is 0 Å². The molecule has 2 nitrogen and oxygen atoms in total. The van der Waals surface area contributed by atoms with Gasteiger partial charge < -0.3 is 10.5 Å². The lowest BCUT2D eigenvalue weighted by atomic mass is 9.83. The molecule has 0 saturated heterocycles. The third-order valence-electron chi connectivity index (χ3n) is 4.21. The van der Waals surface area contributed by atoms with Gasteiger partial charge in [0.05, 0.1) is 6.61 Å². The predicted molar refractivity (Wildman–Crippen MR) is 87.8 cm³/mol. The van der Waals surface area contributed by atoms with Crippen LogP contribution in [0.3, 0.4) is 0 Å². The maximum Gasteiger partial charge on any atom is 0.122 e. The highest BCUT2D eigenvalue weighted by Gasteiger charge is 2.18. The predicted octanol–water partition coefficient (Wildman–Crippen LogP) is 4.63. The number of hydrogen-bond donors (Lipinski definition) is 1. The van der Waals surface area contributed by atoms with Gasteiger partial charge in [0, 0.05) is 0 Å². The molecule has 1 atom stereocenters. The molecule has 0 spiro atoms. The van der Waals surface area contributed by atoms with E-state index >= 15 is 0 Å². The second-order valence-electron chi connectivity index (χ2n) is 5.70. The number of ether oxygens (including phenoxy) is 1. The standard InChI is InChI=1S/C18H31NO/c1-6-9-16(10-8-11-19)18-13(3)12-17(20-7-2)14(4)15(18)5/h12,16H,6-11,19H2,1-5H3. The summed E-state index contributed by atoms with van der Waals surface area (Å²) < 4.78 is 5.75. The molecule has 1 unspecified atom stereocenters. The molecule has 0 amide bonds. The van der Waals surface area contributed by atoms with E-state index in [2.05, 4.69) is 33.8 Å². The second-order valence-corrected chi connectivity index (χ2v) is 5.70. The summed E-state index contributed by atoms with van der Waals surface area (Å²) in [6, 6.07) is 2.21. The lowest BCUT2D eigenvalue weighted by Crippen LogP contribution is -2.09. The van der Waals surface area contributed by atoms with E-state index in [0.29, 0.717) is 5.92 Å². The van der Waals surface area contributed by atoms with E-state index in [1.165, 1.54) is 41.5 Å². The Morgan fingerprint density at radius 2 is 1.80 bits per heavy atom. The Bertz CT molecular complexity index is 426. The average molecular weight is 277 g/mol. The summed E-state index contributed by atoms with van der Waals surface area (Å²) >= 11 is 0. The van der Waals surface area contributed by atoms with Crippen LogP contribution in [0.15, 0.2) is 6.07 Å². The van der Waals surface area contributed by atoms with Gasteiger partial charge in [-0.15, -0.1) is 0 Å². The molecule has 1 aromatic rings. The summed E-state index contributed by atoms with van der Waals surface area (Å²) in [5.41, 5.74) is 11.3. The summed E-state index contributed by atoms with van der Waals surface area (Å²) in [6.45, 7) is 12.5. The van der Waals surface area contributed by atoms with Crippen molar-refractivity contribution < 1.29 is 4.74 Å². The van der Waals surface area contributed by atoms with E-state index in [1.54, 1.807) is 0 Å². The maximum absolute atomic E-state index is 5.75. The highest BCUT2D eigenvalue weighted by molar-refractivity contribution is 5.49. The fourth-order valence-electron chi connectivity index (χ4n) is 3.14. The molecule has 0 radical (unpaired) electrons. The van der Waals surface area contributed by atoms with Gasteiger partial charge in [0.2, 0.25) is 0 Å². The van der Waals surface area contributed by atoms with Gasteiger partial charge in [0.15, 0.2) is 0 Å². The summed E-state index contributed by atoms with van der Waals surface area (Å²) in [5, 5.41) is 0. The fourth-order valence-corrected chi connectivity index (χ4v) is 3.14. The summed E-state index contributed by atoms with van der Waals surface area (Å²) in [6.07, 6.45) is 4.77. The molecule has 0 fully saturated rings. The van der Waals surface area contributed by atoms with Crippen LogP contribution in [0.25, 0.3) is 0 Å². The monoisotopic (exact) mass is 277 g/mol. The quantitative estimate of drug-likeness (QED) is 0.751. The van der Waals surface area contributed by atoms with Crippen molar-refractivity contribution in [1.82, 2.24) is 0 Å². The molecule has 20 heavy (non-hydrogen) atoms. The van der Waals surface area contributed by atoms with Crippen molar-refractivity contribution in [3.05, 3.63) is 28.3 Å². The summed E-state index contributed by atoms with van der Waals surface area (Å²) in [5.74, 6) is 1.68.